The van der Waals surface area contributed by atoms with Gasteiger partial charge in [-0.2, -0.15) is 0 Å². The predicted octanol–water partition coefficient (Wildman–Crippen LogP) is 2.63. The van der Waals surface area contributed by atoms with Gasteiger partial charge in [-0.3, -0.25) is 4.79 Å². The molecular weight excluding hydrogens is 351 g/mol. The Morgan fingerprint density at radius 1 is 1.04 bits per heavy atom. The molecule has 2 amide bonds. The lowest BCUT2D eigenvalue weighted by Gasteiger charge is -2.22. The van der Waals surface area contributed by atoms with Crippen LogP contribution in [-0.2, 0) is 11.2 Å². The van der Waals surface area contributed by atoms with Gasteiger partial charge in [-0.05, 0) is 36.1 Å². The third-order valence-corrected chi connectivity index (χ3v) is 4.11. The number of halogens is 1. The Bertz CT molecular complexity index is 755. The molecule has 0 aliphatic rings. The molecule has 0 aliphatic heterocycles. The molecule has 144 valence electrons. The first-order chi connectivity index (χ1) is 13.0. The number of carboxylic acids is 1. The summed E-state index contributed by atoms with van der Waals surface area (Å²) in [6.07, 6.45) is 0.664. The summed E-state index contributed by atoms with van der Waals surface area (Å²) in [4.78, 5) is 23.2. The van der Waals surface area contributed by atoms with E-state index in [1.165, 1.54) is 18.2 Å². The number of aliphatic hydroxyl groups excluding tert-OH is 1. The van der Waals surface area contributed by atoms with Gasteiger partial charge in [0.2, 0.25) is 0 Å². The van der Waals surface area contributed by atoms with E-state index in [0.717, 1.165) is 5.56 Å². The van der Waals surface area contributed by atoms with Crippen LogP contribution in [0.15, 0.2) is 54.6 Å². The van der Waals surface area contributed by atoms with Crippen LogP contribution in [0.1, 0.15) is 30.0 Å². The summed E-state index contributed by atoms with van der Waals surface area (Å²) in [6, 6.07) is 13.3. The molecule has 2 atom stereocenters. The number of nitrogens with one attached hydrogen (secondary N) is 2. The van der Waals surface area contributed by atoms with Crippen LogP contribution >= 0.6 is 0 Å². The lowest BCUT2D eigenvalue weighted by Crippen LogP contribution is -2.45. The molecule has 2 unspecified atom stereocenters. The molecule has 0 radical (unpaired) electrons. The number of hydrogen-bond acceptors (Lipinski definition) is 3. The Balaban J connectivity index is 2.01. The minimum absolute atomic E-state index is 0.0783. The Morgan fingerprint density at radius 3 is 2.41 bits per heavy atom. The highest BCUT2D eigenvalue weighted by Crippen LogP contribution is 2.14. The monoisotopic (exact) mass is 374 g/mol. The summed E-state index contributed by atoms with van der Waals surface area (Å²) in [5.41, 5.74) is 1.41. The summed E-state index contributed by atoms with van der Waals surface area (Å²) >= 11 is 0. The highest BCUT2D eigenvalue weighted by atomic mass is 19.1. The van der Waals surface area contributed by atoms with Crippen molar-refractivity contribution in [3.8, 4) is 0 Å². The van der Waals surface area contributed by atoms with E-state index >= 15 is 0 Å². The van der Waals surface area contributed by atoms with Gasteiger partial charge < -0.3 is 20.8 Å². The van der Waals surface area contributed by atoms with Crippen LogP contribution in [0.2, 0.25) is 0 Å². The van der Waals surface area contributed by atoms with Crippen molar-refractivity contribution in [2.24, 2.45) is 0 Å². The number of benzene rings is 2. The standard InChI is InChI=1S/C20H23FN2O4/c21-16-8-4-7-15(12-16)18(13-24)23-20(27)22-17(9-10-19(25)26)11-14-5-2-1-3-6-14/h1-8,12,17-18,24H,9-11,13H2,(H,25,26)(H2,22,23,27). The van der Waals surface area contributed by atoms with Crippen molar-refractivity contribution in [3.63, 3.8) is 0 Å². The van der Waals surface area contributed by atoms with Gasteiger partial charge >= 0.3 is 12.0 Å². The number of amides is 2. The smallest absolute Gasteiger partial charge is 0.315 e. The van der Waals surface area contributed by atoms with E-state index in [-0.39, 0.29) is 12.8 Å². The van der Waals surface area contributed by atoms with Crippen molar-refractivity contribution < 1.29 is 24.2 Å². The Kier molecular flexibility index (Phi) is 7.76. The number of carboxylic acid groups (broad SMARTS) is 1. The maximum absolute atomic E-state index is 13.4. The van der Waals surface area contributed by atoms with Gasteiger partial charge in [0.15, 0.2) is 0 Å². The fraction of sp³-hybridized carbons (Fsp3) is 0.300. The SMILES string of the molecule is O=C(O)CCC(Cc1ccccc1)NC(=O)NC(CO)c1cccc(F)c1. The molecule has 0 aromatic heterocycles. The molecule has 2 rings (SSSR count). The van der Waals surface area contributed by atoms with Crippen LogP contribution in [0.3, 0.4) is 0 Å². The Hall–Kier alpha value is -2.93. The van der Waals surface area contributed by atoms with Gasteiger partial charge in [0.25, 0.3) is 0 Å². The molecule has 0 saturated heterocycles. The predicted molar refractivity (Wildman–Crippen MR) is 98.7 cm³/mol. The van der Waals surface area contributed by atoms with E-state index in [1.54, 1.807) is 6.07 Å². The zero-order chi connectivity index (χ0) is 19.6. The van der Waals surface area contributed by atoms with Crippen molar-refractivity contribution in [1.82, 2.24) is 10.6 Å². The van der Waals surface area contributed by atoms with E-state index in [0.29, 0.717) is 12.0 Å². The van der Waals surface area contributed by atoms with Crippen molar-refractivity contribution in [2.75, 3.05) is 6.61 Å². The quantitative estimate of drug-likeness (QED) is 0.542. The fourth-order valence-corrected chi connectivity index (χ4v) is 2.76. The summed E-state index contributed by atoms with van der Waals surface area (Å²) < 4.78 is 13.4. The fourth-order valence-electron chi connectivity index (χ4n) is 2.76. The van der Waals surface area contributed by atoms with Gasteiger partial charge in [0, 0.05) is 12.5 Å². The molecule has 0 bridgehead atoms. The normalized spacial score (nSPS) is 12.8. The van der Waals surface area contributed by atoms with Gasteiger partial charge in [-0.1, -0.05) is 42.5 Å². The molecule has 0 heterocycles. The maximum Gasteiger partial charge on any atom is 0.315 e. The van der Waals surface area contributed by atoms with Gasteiger partial charge in [0.1, 0.15) is 5.82 Å². The summed E-state index contributed by atoms with van der Waals surface area (Å²) in [5, 5.41) is 23.8. The van der Waals surface area contributed by atoms with Crippen molar-refractivity contribution in [3.05, 3.63) is 71.5 Å². The Labute approximate surface area is 157 Å². The number of carbonyl (C=O) groups excluding carboxylic acids is 1. The topological polar surface area (TPSA) is 98.7 Å². The van der Waals surface area contributed by atoms with E-state index in [4.69, 9.17) is 5.11 Å². The second-order valence-corrected chi connectivity index (χ2v) is 6.23. The van der Waals surface area contributed by atoms with E-state index in [1.807, 2.05) is 30.3 Å². The van der Waals surface area contributed by atoms with Crippen LogP contribution in [0.4, 0.5) is 9.18 Å². The number of hydrogen-bond donors (Lipinski definition) is 4. The molecule has 0 fully saturated rings. The molecule has 27 heavy (non-hydrogen) atoms. The zero-order valence-corrected chi connectivity index (χ0v) is 14.8. The van der Waals surface area contributed by atoms with Crippen LogP contribution in [-0.4, -0.2) is 34.9 Å². The number of aliphatic hydroxyl groups is 1. The average Bonchev–Trinajstić information content (AvgIpc) is 2.65. The Morgan fingerprint density at radius 2 is 1.78 bits per heavy atom. The lowest BCUT2D eigenvalue weighted by molar-refractivity contribution is -0.137. The van der Waals surface area contributed by atoms with Crippen LogP contribution in [0.25, 0.3) is 0 Å². The molecule has 2 aromatic carbocycles. The lowest BCUT2D eigenvalue weighted by atomic mass is 10.0. The zero-order valence-electron chi connectivity index (χ0n) is 14.8. The molecular formula is C20H23FN2O4. The summed E-state index contributed by atoms with van der Waals surface area (Å²) in [5.74, 6) is -1.40. The molecule has 0 aliphatic carbocycles. The largest absolute Gasteiger partial charge is 0.481 e. The first kappa shape index (κ1) is 20.4. The van der Waals surface area contributed by atoms with E-state index in [9.17, 15) is 19.1 Å². The molecule has 2 aromatic rings. The van der Waals surface area contributed by atoms with E-state index < -0.39 is 36.5 Å². The summed E-state index contributed by atoms with van der Waals surface area (Å²) in [7, 11) is 0. The van der Waals surface area contributed by atoms with Crippen molar-refractivity contribution in [1.29, 1.82) is 0 Å². The van der Waals surface area contributed by atoms with Crippen LogP contribution in [0.5, 0.6) is 0 Å². The average molecular weight is 374 g/mol. The second-order valence-electron chi connectivity index (χ2n) is 6.23. The minimum Gasteiger partial charge on any atom is -0.481 e. The maximum atomic E-state index is 13.4. The number of aliphatic carboxylic acids is 1. The molecule has 0 spiro atoms. The van der Waals surface area contributed by atoms with E-state index in [2.05, 4.69) is 10.6 Å². The van der Waals surface area contributed by atoms with Gasteiger partial charge in [-0.25, -0.2) is 9.18 Å². The molecule has 7 heteroatoms. The van der Waals surface area contributed by atoms with Crippen LogP contribution in [0, 0.1) is 5.82 Å². The molecule has 0 saturated carbocycles. The number of carbonyl (C=O) groups is 2. The summed E-state index contributed by atoms with van der Waals surface area (Å²) in [6.45, 7) is -0.394. The van der Waals surface area contributed by atoms with Gasteiger partial charge in [-0.15, -0.1) is 0 Å². The highest BCUT2D eigenvalue weighted by molar-refractivity contribution is 5.75. The first-order valence-corrected chi connectivity index (χ1v) is 8.67. The molecule has 6 nitrogen and oxygen atoms in total. The second kappa shape index (κ2) is 10.3. The first-order valence-electron chi connectivity index (χ1n) is 8.67. The van der Waals surface area contributed by atoms with Crippen molar-refractivity contribution >= 4 is 12.0 Å². The third kappa shape index (κ3) is 7.07. The number of rotatable bonds is 9. The minimum atomic E-state index is -0.941. The van der Waals surface area contributed by atoms with Gasteiger partial charge in [0.05, 0.1) is 12.6 Å². The highest BCUT2D eigenvalue weighted by Gasteiger charge is 2.18. The molecule has 4 N–H and O–H groups in total. The van der Waals surface area contributed by atoms with Crippen LogP contribution < -0.4 is 10.6 Å². The number of urea groups is 1. The van der Waals surface area contributed by atoms with Crippen molar-refractivity contribution in [2.45, 2.75) is 31.3 Å². The third-order valence-electron chi connectivity index (χ3n) is 4.11.